The first-order valence-electron chi connectivity index (χ1n) is 10.8. The van der Waals surface area contributed by atoms with Gasteiger partial charge >= 0.3 is 0 Å². The maximum absolute atomic E-state index is 11.0. The summed E-state index contributed by atoms with van der Waals surface area (Å²) in [7, 11) is 0. The fraction of sp³-hybridized carbons (Fsp3) is 0.192. The molecular weight excluding hydrogens is 400 g/mol. The van der Waals surface area contributed by atoms with E-state index in [1.807, 2.05) is 90.6 Å². The number of phenols is 1. The molecule has 1 aliphatic heterocycles. The van der Waals surface area contributed by atoms with Gasteiger partial charge in [0.15, 0.2) is 0 Å². The third kappa shape index (κ3) is 3.98. The molecule has 162 valence electrons. The van der Waals surface area contributed by atoms with Crippen LogP contribution in [0.4, 0.5) is 0 Å². The van der Waals surface area contributed by atoms with Gasteiger partial charge in [-0.2, -0.15) is 5.10 Å². The lowest BCUT2D eigenvalue weighted by atomic mass is 9.89. The highest BCUT2D eigenvalue weighted by atomic mass is 16.5. The van der Waals surface area contributed by atoms with Gasteiger partial charge in [-0.1, -0.05) is 48.5 Å². The molecule has 1 aromatic heterocycles. The molecule has 2 heterocycles. The van der Waals surface area contributed by atoms with Crippen molar-refractivity contribution < 1.29 is 9.84 Å². The number of aromatic nitrogens is 2. The predicted molar refractivity (Wildman–Crippen MR) is 124 cm³/mol. The van der Waals surface area contributed by atoms with Crippen LogP contribution in [0.25, 0.3) is 5.69 Å². The van der Waals surface area contributed by atoms with Crippen LogP contribution in [0.2, 0.25) is 0 Å². The van der Waals surface area contributed by atoms with Crippen molar-refractivity contribution in [2.24, 2.45) is 0 Å². The summed E-state index contributed by atoms with van der Waals surface area (Å²) >= 11 is 0. The lowest BCUT2D eigenvalue weighted by molar-refractivity contribution is 0.301. The number of nitrogens with zero attached hydrogens (tertiary/aromatic N) is 2. The van der Waals surface area contributed by atoms with E-state index >= 15 is 0 Å². The van der Waals surface area contributed by atoms with Crippen molar-refractivity contribution >= 4 is 0 Å². The first kappa shape index (κ1) is 20.3. The second-order valence-electron chi connectivity index (χ2n) is 8.06. The van der Waals surface area contributed by atoms with Crippen LogP contribution in [0.1, 0.15) is 34.2 Å². The number of hydrazine groups is 1. The number of para-hydroxylation sites is 1. The van der Waals surface area contributed by atoms with Crippen LogP contribution >= 0.6 is 0 Å². The summed E-state index contributed by atoms with van der Waals surface area (Å²) in [6, 6.07) is 23.9. The average Bonchev–Trinajstić information content (AvgIpc) is 3.51. The van der Waals surface area contributed by atoms with Gasteiger partial charge in [0.25, 0.3) is 0 Å². The van der Waals surface area contributed by atoms with Gasteiger partial charge in [0.05, 0.1) is 17.9 Å². The Balaban J connectivity index is 1.37. The molecule has 2 unspecified atom stereocenters. The molecule has 0 saturated carbocycles. The summed E-state index contributed by atoms with van der Waals surface area (Å²) in [5, 5.41) is 15.6. The van der Waals surface area contributed by atoms with E-state index < -0.39 is 0 Å². The minimum atomic E-state index is -0.0784. The normalized spacial score (nSPS) is 18.0. The van der Waals surface area contributed by atoms with Gasteiger partial charge in [0.2, 0.25) is 0 Å². The lowest BCUT2D eigenvalue weighted by Crippen LogP contribution is -2.25. The Morgan fingerprint density at radius 2 is 1.78 bits per heavy atom. The van der Waals surface area contributed by atoms with Crippen LogP contribution in [0.3, 0.4) is 0 Å². The minimum Gasteiger partial charge on any atom is -0.507 e. The van der Waals surface area contributed by atoms with Crippen LogP contribution < -0.4 is 15.6 Å². The molecule has 0 amide bonds. The van der Waals surface area contributed by atoms with Gasteiger partial charge in [-0.3, -0.25) is 5.43 Å². The third-order valence-electron chi connectivity index (χ3n) is 6.02. The second-order valence-corrected chi connectivity index (χ2v) is 8.06. The highest BCUT2D eigenvalue weighted by Crippen LogP contribution is 2.41. The number of hydrogen-bond donors (Lipinski definition) is 3. The minimum absolute atomic E-state index is 0.0784. The Hall–Kier alpha value is -3.61. The van der Waals surface area contributed by atoms with Gasteiger partial charge in [-0.25, -0.2) is 10.1 Å². The molecule has 5 rings (SSSR count). The molecular formula is C26H26N4O2. The highest BCUT2D eigenvalue weighted by Gasteiger charge is 2.33. The Labute approximate surface area is 187 Å². The monoisotopic (exact) mass is 426 g/mol. The molecule has 6 nitrogen and oxygen atoms in total. The van der Waals surface area contributed by atoms with Crippen LogP contribution in [-0.4, -0.2) is 21.4 Å². The zero-order valence-corrected chi connectivity index (χ0v) is 17.9. The number of hydrogen-bond acceptors (Lipinski definition) is 5. The number of ether oxygens (including phenoxy) is 1. The zero-order chi connectivity index (χ0) is 21.9. The molecule has 32 heavy (non-hydrogen) atoms. The third-order valence-corrected chi connectivity index (χ3v) is 6.02. The topological polar surface area (TPSA) is 71.3 Å². The quantitative estimate of drug-likeness (QED) is 0.426. The van der Waals surface area contributed by atoms with E-state index in [1.165, 1.54) is 0 Å². The van der Waals surface area contributed by atoms with Crippen molar-refractivity contribution in [2.75, 3.05) is 6.54 Å². The Bertz CT molecular complexity index is 1190. The molecule has 3 aromatic carbocycles. The smallest absolute Gasteiger partial charge is 0.127 e. The van der Waals surface area contributed by atoms with Crippen LogP contribution in [0, 0.1) is 6.92 Å². The van der Waals surface area contributed by atoms with E-state index in [0.717, 1.165) is 34.5 Å². The number of rotatable bonds is 6. The summed E-state index contributed by atoms with van der Waals surface area (Å²) in [6.07, 6.45) is 3.96. The summed E-state index contributed by atoms with van der Waals surface area (Å²) in [4.78, 5) is 0. The number of aromatic hydroxyl groups is 1. The summed E-state index contributed by atoms with van der Waals surface area (Å²) in [5.74, 6) is 1.08. The van der Waals surface area contributed by atoms with E-state index in [4.69, 9.17) is 4.74 Å². The van der Waals surface area contributed by atoms with Crippen LogP contribution in [0.5, 0.6) is 11.5 Å². The van der Waals surface area contributed by atoms with E-state index in [0.29, 0.717) is 12.4 Å². The van der Waals surface area contributed by atoms with Gasteiger partial charge in [-0.15, -0.1) is 0 Å². The first-order valence-corrected chi connectivity index (χ1v) is 10.8. The molecule has 2 atom stereocenters. The summed E-state index contributed by atoms with van der Waals surface area (Å²) < 4.78 is 7.86. The molecule has 6 heteroatoms. The standard InChI is InChI=1S/C26H26N4O2/c1-18-24(32-17-19-8-4-2-5-9-19)13-12-22(26(18)31)25-23(15-27-29-25)20-14-28-30(16-20)21-10-6-3-7-11-21/h2-14,16,23,25,27,29,31H,15,17H2,1H3. The highest BCUT2D eigenvalue weighted by molar-refractivity contribution is 5.51. The van der Waals surface area contributed by atoms with Gasteiger partial charge in [0, 0.05) is 29.8 Å². The summed E-state index contributed by atoms with van der Waals surface area (Å²) in [5.41, 5.74) is 11.4. The maximum Gasteiger partial charge on any atom is 0.127 e. The van der Waals surface area contributed by atoms with Crippen LogP contribution in [-0.2, 0) is 6.61 Å². The first-order chi connectivity index (χ1) is 15.7. The number of nitrogens with one attached hydrogen (secondary N) is 2. The molecule has 3 N–H and O–H groups in total. The Morgan fingerprint density at radius 1 is 1.03 bits per heavy atom. The van der Waals surface area contributed by atoms with Crippen molar-refractivity contribution in [1.82, 2.24) is 20.6 Å². The second kappa shape index (κ2) is 8.86. The van der Waals surface area contributed by atoms with E-state index in [2.05, 4.69) is 22.1 Å². The number of benzene rings is 3. The molecule has 1 saturated heterocycles. The number of phenolic OH excluding ortho intramolecular Hbond substituents is 1. The van der Waals surface area contributed by atoms with E-state index in [1.54, 1.807) is 0 Å². The maximum atomic E-state index is 11.0. The molecule has 1 aliphatic rings. The largest absolute Gasteiger partial charge is 0.507 e. The Kier molecular flexibility index (Phi) is 5.62. The summed E-state index contributed by atoms with van der Waals surface area (Å²) in [6.45, 7) is 3.10. The lowest BCUT2D eigenvalue weighted by Gasteiger charge is -2.21. The fourth-order valence-corrected chi connectivity index (χ4v) is 4.20. The molecule has 0 aliphatic carbocycles. The zero-order valence-electron chi connectivity index (χ0n) is 17.9. The van der Waals surface area contributed by atoms with E-state index in [-0.39, 0.29) is 17.7 Å². The SMILES string of the molecule is Cc1c(OCc2ccccc2)ccc(C2NNCC2c2cnn(-c3ccccc3)c2)c1O. The van der Waals surface area contributed by atoms with Crippen molar-refractivity contribution in [3.63, 3.8) is 0 Å². The molecule has 1 fully saturated rings. The van der Waals surface area contributed by atoms with Crippen molar-refractivity contribution in [1.29, 1.82) is 0 Å². The predicted octanol–water partition coefficient (Wildman–Crippen LogP) is 4.40. The molecule has 4 aromatic rings. The fourth-order valence-electron chi connectivity index (χ4n) is 4.20. The molecule has 0 bridgehead atoms. The molecule has 0 spiro atoms. The Morgan fingerprint density at radius 3 is 2.56 bits per heavy atom. The van der Waals surface area contributed by atoms with Crippen molar-refractivity contribution in [3.8, 4) is 17.2 Å². The average molecular weight is 427 g/mol. The van der Waals surface area contributed by atoms with E-state index in [9.17, 15) is 5.11 Å². The molecule has 0 radical (unpaired) electrons. The van der Waals surface area contributed by atoms with Gasteiger partial charge < -0.3 is 9.84 Å². The van der Waals surface area contributed by atoms with Crippen LogP contribution in [0.15, 0.2) is 85.2 Å². The van der Waals surface area contributed by atoms with Crippen molar-refractivity contribution in [3.05, 3.63) is 107 Å². The van der Waals surface area contributed by atoms with Gasteiger partial charge in [0.1, 0.15) is 18.1 Å². The van der Waals surface area contributed by atoms with Crippen molar-refractivity contribution in [2.45, 2.75) is 25.5 Å². The van der Waals surface area contributed by atoms with Gasteiger partial charge in [-0.05, 0) is 42.3 Å².